The van der Waals surface area contributed by atoms with E-state index in [-0.39, 0.29) is 22.5 Å². The van der Waals surface area contributed by atoms with Crippen LogP contribution in [-0.2, 0) is 17.5 Å². The molecule has 3 rings (SSSR count). The molecule has 0 fully saturated rings. The first kappa shape index (κ1) is 26.1. The van der Waals surface area contributed by atoms with Crippen LogP contribution in [-0.4, -0.2) is 40.5 Å². The number of aromatic nitrogens is 3. The third kappa shape index (κ3) is 6.52. The second kappa shape index (κ2) is 11.2. The molecule has 1 heterocycles. The smallest absolute Gasteiger partial charge is 0.331 e. The highest BCUT2D eigenvalue weighted by Crippen LogP contribution is 2.34. The number of carbonyl (C=O) groups is 1. The average Bonchev–Trinajstić information content (AvgIpc) is 3.16. The molecule has 0 aliphatic rings. The summed E-state index contributed by atoms with van der Waals surface area (Å²) in [6, 6.07) is 12.8. The molecule has 0 spiro atoms. The van der Waals surface area contributed by atoms with E-state index in [1.807, 2.05) is 34.9 Å². The number of thioether (sulfide) groups is 1. The molecule has 0 saturated heterocycles. The predicted octanol–water partition coefficient (Wildman–Crippen LogP) is 4.33. The Morgan fingerprint density at radius 1 is 1.18 bits per heavy atom. The number of rotatable bonds is 9. The van der Waals surface area contributed by atoms with Gasteiger partial charge in [0.25, 0.3) is 0 Å². The van der Waals surface area contributed by atoms with Crippen LogP contribution in [0.3, 0.4) is 0 Å². The Hall–Kier alpha value is -2.56. The largest absolute Gasteiger partial charge is 0.416 e. The molecule has 6 nitrogen and oxygen atoms in total. The number of hydrogen-bond acceptors (Lipinski definition) is 4. The number of amides is 1. The number of anilines is 1. The van der Waals surface area contributed by atoms with Gasteiger partial charge in [-0.25, -0.2) is 0 Å². The van der Waals surface area contributed by atoms with Crippen LogP contribution in [0, 0.1) is 0 Å². The summed E-state index contributed by atoms with van der Waals surface area (Å²) >= 11 is 7.16. The van der Waals surface area contributed by atoms with E-state index >= 15 is 0 Å². The number of carbonyl (C=O) groups excluding carboxylic acids is 1. The molecule has 2 aromatic carbocycles. The lowest BCUT2D eigenvalue weighted by atomic mass is 10.2. The van der Waals surface area contributed by atoms with Gasteiger partial charge in [0, 0.05) is 6.42 Å². The monoisotopic (exact) mass is 512 g/mol. The number of hydrogen-bond donors (Lipinski definition) is 2. The van der Waals surface area contributed by atoms with Gasteiger partial charge < -0.3 is 10.2 Å². The molecule has 0 unspecified atom stereocenters. The van der Waals surface area contributed by atoms with Gasteiger partial charge in [-0.2, -0.15) is 13.2 Å². The summed E-state index contributed by atoms with van der Waals surface area (Å²) in [6.07, 6.45) is -3.68. The zero-order valence-electron chi connectivity index (χ0n) is 19.0. The topological polar surface area (TPSA) is 64.2 Å². The standard InChI is InChI=1S/C23H25ClF3N5OS/c1-4-19(31(2)3)21-29-30-22(32(21)13-15-8-6-5-7-9-15)34-14-20(33)28-18-12-16(23(25,26)27)10-11-17(18)24/h5-12,19H,4,13-14H2,1-3H3,(H,28,33)/p+1/t19-/m1/s1. The summed E-state index contributed by atoms with van der Waals surface area (Å²) < 4.78 is 41.0. The molecule has 0 bridgehead atoms. The van der Waals surface area contributed by atoms with Crippen LogP contribution < -0.4 is 10.2 Å². The lowest BCUT2D eigenvalue weighted by Crippen LogP contribution is -3.06. The Balaban J connectivity index is 1.79. The molecular weight excluding hydrogens is 487 g/mol. The van der Waals surface area contributed by atoms with Crippen molar-refractivity contribution in [3.63, 3.8) is 0 Å². The van der Waals surface area contributed by atoms with Gasteiger partial charge in [0.1, 0.15) is 6.04 Å². The minimum Gasteiger partial charge on any atom is -0.331 e. The minimum absolute atomic E-state index is 0.0284. The first-order valence-electron chi connectivity index (χ1n) is 10.7. The molecule has 1 atom stereocenters. The SMILES string of the molecule is CC[C@H](c1nnc(SCC(=O)Nc2cc(C(F)(F)F)ccc2Cl)n1Cc1ccccc1)[NH+](C)C. The first-order chi connectivity index (χ1) is 16.1. The van der Waals surface area contributed by atoms with Gasteiger partial charge in [0.2, 0.25) is 5.91 Å². The van der Waals surface area contributed by atoms with Crippen molar-refractivity contribution in [2.75, 3.05) is 25.2 Å². The van der Waals surface area contributed by atoms with Crippen molar-refractivity contribution in [1.82, 2.24) is 14.8 Å². The zero-order valence-corrected chi connectivity index (χ0v) is 20.6. The Morgan fingerprint density at radius 2 is 1.88 bits per heavy atom. The van der Waals surface area contributed by atoms with Crippen molar-refractivity contribution in [2.45, 2.75) is 37.3 Å². The van der Waals surface area contributed by atoms with Crippen LogP contribution in [0.15, 0.2) is 53.7 Å². The third-order valence-corrected chi connectivity index (χ3v) is 6.54. The quantitative estimate of drug-likeness (QED) is 0.419. The fourth-order valence-electron chi connectivity index (χ4n) is 3.54. The van der Waals surface area contributed by atoms with Crippen LogP contribution in [0.5, 0.6) is 0 Å². The van der Waals surface area contributed by atoms with Crippen LogP contribution in [0.25, 0.3) is 0 Å². The highest BCUT2D eigenvalue weighted by molar-refractivity contribution is 7.99. The van der Waals surface area contributed by atoms with E-state index in [9.17, 15) is 18.0 Å². The van der Waals surface area contributed by atoms with E-state index in [0.29, 0.717) is 11.7 Å². The Labute approximate surface area is 205 Å². The Kier molecular flexibility index (Phi) is 8.62. The number of halogens is 4. The van der Waals surface area contributed by atoms with E-state index in [1.165, 1.54) is 16.7 Å². The second-order valence-corrected chi connectivity index (χ2v) is 9.33. The van der Waals surface area contributed by atoms with Crippen molar-refractivity contribution in [1.29, 1.82) is 0 Å². The number of nitrogens with zero attached hydrogens (tertiary/aromatic N) is 3. The van der Waals surface area contributed by atoms with Gasteiger partial charge in [-0.05, 0) is 23.8 Å². The van der Waals surface area contributed by atoms with Gasteiger partial charge in [0.15, 0.2) is 11.0 Å². The van der Waals surface area contributed by atoms with E-state index in [4.69, 9.17) is 11.6 Å². The fourth-order valence-corrected chi connectivity index (χ4v) is 4.45. The normalized spacial score (nSPS) is 12.7. The molecule has 0 radical (unpaired) electrons. The summed E-state index contributed by atoms with van der Waals surface area (Å²) in [5, 5.41) is 11.8. The minimum atomic E-state index is -4.53. The molecule has 2 N–H and O–H groups in total. The number of nitrogens with one attached hydrogen (secondary N) is 2. The van der Waals surface area contributed by atoms with Crippen molar-refractivity contribution in [2.24, 2.45) is 0 Å². The van der Waals surface area contributed by atoms with E-state index in [2.05, 4.69) is 36.5 Å². The summed E-state index contributed by atoms with van der Waals surface area (Å²) in [5.74, 6) is 0.257. The second-order valence-electron chi connectivity index (χ2n) is 7.98. The lowest BCUT2D eigenvalue weighted by molar-refractivity contribution is -0.893. The third-order valence-electron chi connectivity index (χ3n) is 5.25. The molecule has 0 aliphatic heterocycles. The summed E-state index contributed by atoms with van der Waals surface area (Å²) in [4.78, 5) is 13.7. The Bertz CT molecular complexity index is 1120. The maximum atomic E-state index is 13.0. The van der Waals surface area contributed by atoms with Crippen LogP contribution >= 0.6 is 23.4 Å². The van der Waals surface area contributed by atoms with Crippen molar-refractivity contribution in [3.8, 4) is 0 Å². The maximum absolute atomic E-state index is 13.0. The number of alkyl halides is 3. The van der Waals surface area contributed by atoms with Gasteiger partial charge in [0.05, 0.1) is 42.7 Å². The van der Waals surface area contributed by atoms with E-state index < -0.39 is 17.6 Å². The molecule has 1 amide bonds. The van der Waals surface area contributed by atoms with Crippen molar-refractivity contribution < 1.29 is 22.9 Å². The molecule has 11 heteroatoms. The average molecular weight is 513 g/mol. The summed E-state index contributed by atoms with van der Waals surface area (Å²) in [7, 11) is 4.10. The summed E-state index contributed by atoms with van der Waals surface area (Å²) in [6.45, 7) is 2.62. The highest BCUT2D eigenvalue weighted by atomic mass is 35.5. The van der Waals surface area contributed by atoms with Crippen molar-refractivity contribution >= 4 is 35.0 Å². The first-order valence-corrected chi connectivity index (χ1v) is 12.0. The van der Waals surface area contributed by atoms with E-state index in [1.54, 1.807) is 0 Å². The fraction of sp³-hybridized carbons (Fsp3) is 0.348. The van der Waals surface area contributed by atoms with Gasteiger partial charge in [-0.15, -0.1) is 10.2 Å². The molecular formula is C23H26ClF3N5OS+. The number of benzene rings is 2. The van der Waals surface area contributed by atoms with Gasteiger partial charge in [-0.3, -0.25) is 9.36 Å². The molecule has 34 heavy (non-hydrogen) atoms. The maximum Gasteiger partial charge on any atom is 0.416 e. The van der Waals surface area contributed by atoms with Crippen molar-refractivity contribution in [3.05, 3.63) is 70.5 Å². The predicted molar refractivity (Wildman–Crippen MR) is 127 cm³/mol. The van der Waals surface area contributed by atoms with Crippen LogP contribution in [0.2, 0.25) is 5.02 Å². The molecule has 1 aromatic heterocycles. The highest BCUT2D eigenvalue weighted by Gasteiger charge is 2.31. The molecule has 0 saturated carbocycles. The number of quaternary nitrogens is 1. The zero-order chi connectivity index (χ0) is 24.9. The molecule has 3 aromatic rings. The van der Waals surface area contributed by atoms with Crippen LogP contribution in [0.4, 0.5) is 18.9 Å². The van der Waals surface area contributed by atoms with Gasteiger partial charge in [-0.1, -0.05) is 60.6 Å². The molecule has 182 valence electrons. The van der Waals surface area contributed by atoms with E-state index in [0.717, 1.165) is 36.0 Å². The molecule has 0 aliphatic carbocycles. The Morgan fingerprint density at radius 3 is 2.50 bits per heavy atom. The summed E-state index contributed by atoms with van der Waals surface area (Å²) in [5.41, 5.74) is 0.0916. The van der Waals surface area contributed by atoms with Crippen LogP contribution in [0.1, 0.15) is 36.3 Å². The van der Waals surface area contributed by atoms with Gasteiger partial charge >= 0.3 is 6.18 Å². The lowest BCUT2D eigenvalue weighted by Gasteiger charge is -2.20.